The molecule has 1 aromatic rings. The predicted octanol–water partition coefficient (Wildman–Crippen LogP) is 1.80. The topological polar surface area (TPSA) is 42.0 Å². The van der Waals surface area contributed by atoms with Gasteiger partial charge in [-0.25, -0.2) is 0 Å². The van der Waals surface area contributed by atoms with Gasteiger partial charge in [0.15, 0.2) is 0 Å². The van der Waals surface area contributed by atoms with Crippen molar-refractivity contribution in [2.75, 3.05) is 33.2 Å². The first kappa shape index (κ1) is 20.2. The van der Waals surface area contributed by atoms with Gasteiger partial charge in [0.05, 0.1) is 11.2 Å². The normalized spacial score (nSPS) is 22.6. The van der Waals surface area contributed by atoms with Crippen molar-refractivity contribution >= 4 is 30.9 Å². The number of carbonyl (C=O) groups is 1. The number of rotatable bonds is 2. The van der Waals surface area contributed by atoms with Crippen LogP contribution in [0.2, 0.25) is 0 Å². The molecule has 0 aromatic heterocycles. The number of halogens is 1. The number of hydrogen-bond donors (Lipinski definition) is 0. The average Bonchev–Trinajstić information content (AvgIpc) is 2.76. The largest absolute Gasteiger partial charge is 0.494 e. The summed E-state index contributed by atoms with van der Waals surface area (Å²) in [5, 5.41) is 0. The van der Waals surface area contributed by atoms with Gasteiger partial charge in [0.2, 0.25) is 0 Å². The molecule has 2 aliphatic heterocycles. The van der Waals surface area contributed by atoms with Crippen LogP contribution in [0.3, 0.4) is 0 Å². The molecule has 7 heteroatoms. The Morgan fingerprint density at radius 1 is 0.960 bits per heavy atom. The van der Waals surface area contributed by atoms with E-state index in [-0.39, 0.29) is 36.6 Å². The van der Waals surface area contributed by atoms with Crippen molar-refractivity contribution in [3.63, 3.8) is 0 Å². The molecule has 1 amide bonds. The number of likely N-dealkylation sites (N-methyl/N-ethyl adjacent to an activating group) is 1. The summed E-state index contributed by atoms with van der Waals surface area (Å²) in [5.74, 6) is 0.101. The lowest BCUT2D eigenvalue weighted by atomic mass is 9.79. The van der Waals surface area contributed by atoms with Crippen molar-refractivity contribution in [3.05, 3.63) is 29.8 Å². The van der Waals surface area contributed by atoms with Gasteiger partial charge in [-0.15, -0.1) is 12.4 Å². The number of piperazine rings is 1. The molecule has 1 aromatic carbocycles. The van der Waals surface area contributed by atoms with E-state index in [0.717, 1.165) is 37.2 Å². The molecule has 0 bridgehead atoms. The van der Waals surface area contributed by atoms with Gasteiger partial charge < -0.3 is 19.1 Å². The molecular weight excluding hydrogens is 338 g/mol. The average molecular weight is 367 g/mol. The summed E-state index contributed by atoms with van der Waals surface area (Å²) in [6.45, 7) is 11.6. The maximum atomic E-state index is 12.6. The summed E-state index contributed by atoms with van der Waals surface area (Å²) < 4.78 is 12.1. The van der Waals surface area contributed by atoms with Crippen molar-refractivity contribution in [1.82, 2.24) is 9.80 Å². The van der Waals surface area contributed by atoms with Crippen LogP contribution in [-0.2, 0) is 9.31 Å². The van der Waals surface area contributed by atoms with Crippen LogP contribution < -0.4 is 5.46 Å². The van der Waals surface area contributed by atoms with Gasteiger partial charge in [-0.2, -0.15) is 0 Å². The number of carbonyl (C=O) groups excluding carboxylic acids is 1. The standard InChI is InChI=1S/C18H27BN2O3.ClH/c1-17(2)18(3,4)24-19(23-17)15-8-6-14(7-9-15)16(22)21-12-10-20(5)11-13-21;/h6-9H,10-13H2,1-5H3;1H. The van der Waals surface area contributed by atoms with E-state index < -0.39 is 0 Å². The first-order valence-corrected chi connectivity index (χ1v) is 8.63. The molecule has 0 saturated carbocycles. The van der Waals surface area contributed by atoms with Crippen molar-refractivity contribution in [3.8, 4) is 0 Å². The zero-order valence-electron chi connectivity index (χ0n) is 15.7. The molecule has 2 fully saturated rings. The Hall–Kier alpha value is -1.08. The fourth-order valence-corrected chi connectivity index (χ4v) is 2.95. The summed E-state index contributed by atoms with van der Waals surface area (Å²) in [4.78, 5) is 16.8. The summed E-state index contributed by atoms with van der Waals surface area (Å²) in [7, 11) is 1.70. The van der Waals surface area contributed by atoms with Gasteiger partial charge in [-0.1, -0.05) is 12.1 Å². The third kappa shape index (κ3) is 4.03. The van der Waals surface area contributed by atoms with E-state index in [1.807, 2.05) is 56.9 Å². The number of nitrogens with zero attached hydrogens (tertiary/aromatic N) is 2. The third-order valence-electron chi connectivity index (χ3n) is 5.47. The molecule has 2 aliphatic rings. The summed E-state index contributed by atoms with van der Waals surface area (Å²) >= 11 is 0. The maximum absolute atomic E-state index is 12.6. The summed E-state index contributed by atoms with van der Waals surface area (Å²) in [5.41, 5.74) is 0.959. The van der Waals surface area contributed by atoms with E-state index in [4.69, 9.17) is 9.31 Å². The Balaban J connectivity index is 0.00000225. The molecule has 0 atom stereocenters. The van der Waals surface area contributed by atoms with E-state index in [1.54, 1.807) is 0 Å². The van der Waals surface area contributed by atoms with Gasteiger partial charge in [0.1, 0.15) is 0 Å². The van der Waals surface area contributed by atoms with E-state index in [1.165, 1.54) is 0 Å². The van der Waals surface area contributed by atoms with Gasteiger partial charge in [-0.3, -0.25) is 4.79 Å². The number of amides is 1. The summed E-state index contributed by atoms with van der Waals surface area (Å²) in [6.07, 6.45) is 0. The van der Waals surface area contributed by atoms with Gasteiger partial charge in [0, 0.05) is 31.7 Å². The highest BCUT2D eigenvalue weighted by molar-refractivity contribution is 6.62. The minimum Gasteiger partial charge on any atom is -0.399 e. The third-order valence-corrected chi connectivity index (χ3v) is 5.47. The summed E-state index contributed by atoms with van der Waals surface area (Å²) in [6, 6.07) is 7.62. The van der Waals surface area contributed by atoms with Crippen molar-refractivity contribution in [2.45, 2.75) is 38.9 Å². The van der Waals surface area contributed by atoms with Crippen molar-refractivity contribution in [1.29, 1.82) is 0 Å². The number of hydrogen-bond acceptors (Lipinski definition) is 4. The Kier molecular flexibility index (Phi) is 5.89. The Morgan fingerprint density at radius 2 is 1.44 bits per heavy atom. The van der Waals surface area contributed by atoms with E-state index in [2.05, 4.69) is 11.9 Å². The predicted molar refractivity (Wildman–Crippen MR) is 103 cm³/mol. The monoisotopic (exact) mass is 366 g/mol. The van der Waals surface area contributed by atoms with Crippen LogP contribution >= 0.6 is 12.4 Å². The van der Waals surface area contributed by atoms with E-state index in [9.17, 15) is 4.79 Å². The number of benzene rings is 1. The zero-order valence-corrected chi connectivity index (χ0v) is 16.6. The molecular formula is C18H28BClN2O3. The SMILES string of the molecule is CN1CCN(C(=O)c2ccc(B3OC(C)(C)C(C)(C)O3)cc2)CC1.Cl. The van der Waals surface area contributed by atoms with E-state index >= 15 is 0 Å². The van der Waals surface area contributed by atoms with E-state index in [0.29, 0.717) is 0 Å². The van der Waals surface area contributed by atoms with Crippen LogP contribution in [-0.4, -0.2) is 67.3 Å². The van der Waals surface area contributed by atoms with Gasteiger partial charge >= 0.3 is 7.12 Å². The molecule has 0 N–H and O–H groups in total. The van der Waals surface area contributed by atoms with Crippen LogP contribution in [0.15, 0.2) is 24.3 Å². The van der Waals surface area contributed by atoms with Crippen LogP contribution in [0.25, 0.3) is 0 Å². The van der Waals surface area contributed by atoms with Crippen molar-refractivity contribution < 1.29 is 14.1 Å². The van der Waals surface area contributed by atoms with Crippen LogP contribution in [0.5, 0.6) is 0 Å². The molecule has 0 spiro atoms. The molecule has 25 heavy (non-hydrogen) atoms. The second-order valence-corrected chi connectivity index (χ2v) is 7.81. The second kappa shape index (κ2) is 7.27. The smallest absolute Gasteiger partial charge is 0.399 e. The quantitative estimate of drug-likeness (QED) is 0.749. The Morgan fingerprint density at radius 3 is 1.92 bits per heavy atom. The fraction of sp³-hybridized carbons (Fsp3) is 0.611. The second-order valence-electron chi connectivity index (χ2n) is 7.81. The van der Waals surface area contributed by atoms with Crippen LogP contribution in [0.4, 0.5) is 0 Å². The highest BCUT2D eigenvalue weighted by Crippen LogP contribution is 2.36. The molecule has 2 heterocycles. The Labute approximate surface area is 157 Å². The maximum Gasteiger partial charge on any atom is 0.494 e. The molecule has 3 rings (SSSR count). The molecule has 0 radical (unpaired) electrons. The lowest BCUT2D eigenvalue weighted by molar-refractivity contribution is 0.00578. The molecule has 5 nitrogen and oxygen atoms in total. The van der Waals surface area contributed by atoms with Gasteiger partial charge in [0.25, 0.3) is 5.91 Å². The lowest BCUT2D eigenvalue weighted by Crippen LogP contribution is -2.47. The molecule has 0 unspecified atom stereocenters. The van der Waals surface area contributed by atoms with Crippen LogP contribution in [0.1, 0.15) is 38.1 Å². The minimum absolute atomic E-state index is 0. The first-order chi connectivity index (χ1) is 11.2. The van der Waals surface area contributed by atoms with Gasteiger partial charge in [-0.05, 0) is 52.3 Å². The molecule has 0 aliphatic carbocycles. The first-order valence-electron chi connectivity index (χ1n) is 8.63. The zero-order chi connectivity index (χ0) is 17.5. The lowest BCUT2D eigenvalue weighted by Gasteiger charge is -2.32. The highest BCUT2D eigenvalue weighted by atomic mass is 35.5. The molecule has 2 saturated heterocycles. The fourth-order valence-electron chi connectivity index (χ4n) is 2.95. The van der Waals surface area contributed by atoms with Crippen LogP contribution in [0, 0.1) is 0 Å². The van der Waals surface area contributed by atoms with Crippen molar-refractivity contribution in [2.24, 2.45) is 0 Å². The highest BCUT2D eigenvalue weighted by Gasteiger charge is 2.51. The molecule has 138 valence electrons. The Bertz CT molecular complexity index is 597. The minimum atomic E-state index is -0.386.